The Morgan fingerprint density at radius 1 is 1.65 bits per heavy atom. The van der Waals surface area contributed by atoms with Gasteiger partial charge in [0.1, 0.15) is 17.6 Å². The van der Waals surface area contributed by atoms with E-state index in [0.29, 0.717) is 6.54 Å². The van der Waals surface area contributed by atoms with Crippen molar-refractivity contribution in [2.45, 2.75) is 19.9 Å². The Morgan fingerprint density at radius 3 is 3.12 bits per heavy atom. The summed E-state index contributed by atoms with van der Waals surface area (Å²) in [6, 6.07) is 3.99. The molecule has 0 bridgehead atoms. The van der Waals surface area contributed by atoms with Crippen LogP contribution in [0.25, 0.3) is 0 Å². The summed E-state index contributed by atoms with van der Waals surface area (Å²) < 4.78 is 5.65. The van der Waals surface area contributed by atoms with Crippen molar-refractivity contribution in [2.75, 3.05) is 24.6 Å². The second-order valence-corrected chi connectivity index (χ2v) is 5.22. The van der Waals surface area contributed by atoms with Gasteiger partial charge in [-0.25, -0.2) is 4.79 Å². The highest BCUT2D eigenvalue weighted by Gasteiger charge is 2.30. The van der Waals surface area contributed by atoms with Gasteiger partial charge in [0.15, 0.2) is 0 Å². The van der Waals surface area contributed by atoms with Crippen LogP contribution in [0.15, 0.2) is 16.5 Å². The number of amides is 2. The summed E-state index contributed by atoms with van der Waals surface area (Å²) in [7, 11) is 0. The molecule has 1 aromatic heterocycles. The topological polar surface area (TPSA) is 45.5 Å². The van der Waals surface area contributed by atoms with E-state index in [1.807, 2.05) is 42.6 Å². The number of nitrogens with one attached hydrogen (secondary N) is 1. The molecular weight excluding hydrogens is 236 g/mol. The summed E-state index contributed by atoms with van der Waals surface area (Å²) in [5, 5.41) is 2.86. The number of furan rings is 1. The highest BCUT2D eigenvalue weighted by atomic mass is 32.2. The number of hydrogen-bond acceptors (Lipinski definition) is 3. The van der Waals surface area contributed by atoms with Gasteiger partial charge in [-0.05, 0) is 26.0 Å². The first-order valence-electron chi connectivity index (χ1n) is 5.91. The van der Waals surface area contributed by atoms with Gasteiger partial charge in [-0.1, -0.05) is 0 Å². The van der Waals surface area contributed by atoms with Crippen molar-refractivity contribution in [3.8, 4) is 0 Å². The molecule has 4 nitrogen and oxygen atoms in total. The average Bonchev–Trinajstić information content (AvgIpc) is 2.76. The molecule has 0 radical (unpaired) electrons. The van der Waals surface area contributed by atoms with Crippen molar-refractivity contribution in [2.24, 2.45) is 0 Å². The molecule has 1 aliphatic rings. The van der Waals surface area contributed by atoms with Crippen molar-refractivity contribution < 1.29 is 9.21 Å². The molecule has 94 valence electrons. The minimum Gasteiger partial charge on any atom is -0.464 e. The lowest BCUT2D eigenvalue weighted by Gasteiger charge is -2.34. The molecule has 0 aliphatic carbocycles. The normalized spacial score (nSPS) is 20.4. The number of aryl methyl sites for hydroxylation is 1. The molecule has 0 spiro atoms. The molecule has 1 aliphatic heterocycles. The van der Waals surface area contributed by atoms with Gasteiger partial charge in [0.05, 0.1) is 0 Å². The van der Waals surface area contributed by atoms with Crippen LogP contribution in [-0.2, 0) is 0 Å². The molecule has 1 aromatic rings. The van der Waals surface area contributed by atoms with E-state index < -0.39 is 0 Å². The summed E-state index contributed by atoms with van der Waals surface area (Å²) in [5.41, 5.74) is 0. The summed E-state index contributed by atoms with van der Waals surface area (Å²) in [6.07, 6.45) is 0. The summed E-state index contributed by atoms with van der Waals surface area (Å²) >= 11 is 1.86. The van der Waals surface area contributed by atoms with E-state index in [4.69, 9.17) is 4.42 Å². The summed E-state index contributed by atoms with van der Waals surface area (Å²) in [4.78, 5) is 13.8. The minimum atomic E-state index is 0.00635. The first-order valence-corrected chi connectivity index (χ1v) is 7.06. The summed E-state index contributed by atoms with van der Waals surface area (Å²) in [6.45, 7) is 5.30. The van der Waals surface area contributed by atoms with Crippen LogP contribution in [0.5, 0.6) is 0 Å². The molecule has 2 rings (SSSR count). The Bertz CT molecular complexity index is 392. The quantitative estimate of drug-likeness (QED) is 0.881. The van der Waals surface area contributed by atoms with Gasteiger partial charge in [0.2, 0.25) is 0 Å². The van der Waals surface area contributed by atoms with Gasteiger partial charge in [0.25, 0.3) is 0 Å². The largest absolute Gasteiger partial charge is 0.464 e. The third kappa shape index (κ3) is 2.77. The fourth-order valence-corrected chi connectivity index (χ4v) is 3.03. The standard InChI is InChI=1S/C12H18N2O2S/c1-3-13-12(15)14-6-7-17-8-10(14)11-5-4-9(2)16-11/h4-5,10H,3,6-8H2,1-2H3,(H,13,15)/t10-/m1/s1. The van der Waals surface area contributed by atoms with E-state index in [1.54, 1.807) is 0 Å². The van der Waals surface area contributed by atoms with Crippen molar-refractivity contribution in [1.82, 2.24) is 10.2 Å². The highest BCUT2D eigenvalue weighted by molar-refractivity contribution is 7.99. The van der Waals surface area contributed by atoms with Crippen LogP contribution in [0.3, 0.4) is 0 Å². The van der Waals surface area contributed by atoms with Crippen molar-refractivity contribution in [1.29, 1.82) is 0 Å². The zero-order chi connectivity index (χ0) is 12.3. The van der Waals surface area contributed by atoms with E-state index >= 15 is 0 Å². The van der Waals surface area contributed by atoms with Crippen LogP contribution in [0.1, 0.15) is 24.5 Å². The van der Waals surface area contributed by atoms with Crippen LogP contribution < -0.4 is 5.32 Å². The van der Waals surface area contributed by atoms with Crippen LogP contribution in [-0.4, -0.2) is 35.5 Å². The molecule has 2 amide bonds. The minimum absolute atomic E-state index is 0.00635. The van der Waals surface area contributed by atoms with Crippen molar-refractivity contribution in [3.63, 3.8) is 0 Å². The van der Waals surface area contributed by atoms with Crippen LogP contribution in [0.2, 0.25) is 0 Å². The van der Waals surface area contributed by atoms with Gasteiger partial charge >= 0.3 is 6.03 Å². The van der Waals surface area contributed by atoms with Gasteiger partial charge < -0.3 is 14.6 Å². The smallest absolute Gasteiger partial charge is 0.318 e. The maximum Gasteiger partial charge on any atom is 0.318 e. The molecule has 2 heterocycles. The maximum atomic E-state index is 12.0. The van der Waals surface area contributed by atoms with Crippen LogP contribution >= 0.6 is 11.8 Å². The SMILES string of the molecule is CCNC(=O)N1CCSC[C@@H]1c1ccc(C)o1. The predicted molar refractivity (Wildman–Crippen MR) is 69.3 cm³/mol. The highest BCUT2D eigenvalue weighted by Crippen LogP contribution is 2.30. The number of hydrogen-bond donors (Lipinski definition) is 1. The molecule has 1 N–H and O–H groups in total. The third-order valence-electron chi connectivity index (χ3n) is 2.81. The predicted octanol–water partition coefficient (Wildman–Crippen LogP) is 2.41. The molecule has 1 atom stereocenters. The molecule has 1 fully saturated rings. The number of rotatable bonds is 2. The summed E-state index contributed by atoms with van der Waals surface area (Å²) in [5.74, 6) is 3.68. The van der Waals surface area contributed by atoms with Crippen molar-refractivity contribution >= 4 is 17.8 Å². The fourth-order valence-electron chi connectivity index (χ4n) is 1.97. The van der Waals surface area contributed by atoms with Crippen molar-refractivity contribution in [3.05, 3.63) is 23.7 Å². The number of carbonyl (C=O) groups is 1. The Morgan fingerprint density at radius 2 is 2.47 bits per heavy atom. The van der Waals surface area contributed by atoms with E-state index in [9.17, 15) is 4.79 Å². The lowest BCUT2D eigenvalue weighted by molar-refractivity contribution is 0.174. The first-order chi connectivity index (χ1) is 8.22. The van der Waals surface area contributed by atoms with Gasteiger partial charge in [-0.15, -0.1) is 0 Å². The van der Waals surface area contributed by atoms with E-state index in [2.05, 4.69) is 5.32 Å². The molecule has 5 heteroatoms. The average molecular weight is 254 g/mol. The fraction of sp³-hybridized carbons (Fsp3) is 0.583. The number of urea groups is 1. The van der Waals surface area contributed by atoms with Gasteiger partial charge in [-0.2, -0.15) is 11.8 Å². The van der Waals surface area contributed by atoms with E-state index in [0.717, 1.165) is 29.6 Å². The number of nitrogens with zero attached hydrogens (tertiary/aromatic N) is 1. The zero-order valence-electron chi connectivity index (χ0n) is 10.2. The second-order valence-electron chi connectivity index (χ2n) is 4.07. The molecule has 1 saturated heterocycles. The Balaban J connectivity index is 2.14. The molecule has 0 aromatic carbocycles. The van der Waals surface area contributed by atoms with Crippen LogP contribution in [0, 0.1) is 6.92 Å². The Kier molecular flexibility index (Phi) is 3.99. The molecular formula is C12H18N2O2S. The van der Waals surface area contributed by atoms with E-state index in [-0.39, 0.29) is 12.1 Å². The monoisotopic (exact) mass is 254 g/mol. The molecule has 0 unspecified atom stereocenters. The van der Waals surface area contributed by atoms with Gasteiger partial charge in [-0.3, -0.25) is 0 Å². The number of thioether (sulfide) groups is 1. The zero-order valence-corrected chi connectivity index (χ0v) is 11.0. The van der Waals surface area contributed by atoms with E-state index in [1.165, 1.54) is 0 Å². The second kappa shape index (κ2) is 5.49. The Hall–Kier alpha value is -1.10. The van der Waals surface area contributed by atoms with Crippen LogP contribution in [0.4, 0.5) is 4.79 Å². The molecule has 17 heavy (non-hydrogen) atoms. The number of carbonyl (C=O) groups excluding carboxylic acids is 1. The Labute approximate surface area is 106 Å². The first kappa shape index (κ1) is 12.4. The lowest BCUT2D eigenvalue weighted by atomic mass is 10.2. The third-order valence-corrected chi connectivity index (χ3v) is 3.83. The lowest BCUT2D eigenvalue weighted by Crippen LogP contribution is -2.46. The van der Waals surface area contributed by atoms with Gasteiger partial charge in [0, 0.05) is 24.6 Å². The molecule has 0 saturated carbocycles. The maximum absolute atomic E-state index is 12.0.